The molecule has 0 bridgehead atoms. The van der Waals surface area contributed by atoms with Gasteiger partial charge in [0.2, 0.25) is 5.91 Å². The van der Waals surface area contributed by atoms with Crippen molar-refractivity contribution < 1.29 is 4.79 Å². The molecule has 0 aliphatic heterocycles. The van der Waals surface area contributed by atoms with E-state index in [2.05, 4.69) is 6.07 Å². The Morgan fingerprint density at radius 3 is 2.53 bits per heavy atom. The lowest BCUT2D eigenvalue weighted by Crippen LogP contribution is -2.39. The van der Waals surface area contributed by atoms with Crippen molar-refractivity contribution >= 4 is 17.3 Å². The molecule has 102 valence electrons. The molecule has 19 heavy (non-hydrogen) atoms. The number of benzene rings is 1. The fourth-order valence-corrected chi connectivity index (χ4v) is 1.94. The Balaban J connectivity index is 2.87. The SMILES string of the molecule is CCN(CC)C(=O)CN(C)c1ccc(N)cc1C#N. The molecule has 0 aliphatic rings. The van der Waals surface area contributed by atoms with Gasteiger partial charge in [0.15, 0.2) is 0 Å². The van der Waals surface area contributed by atoms with Crippen LogP contribution < -0.4 is 10.6 Å². The molecule has 0 radical (unpaired) electrons. The van der Waals surface area contributed by atoms with Gasteiger partial charge in [0.1, 0.15) is 6.07 Å². The minimum Gasteiger partial charge on any atom is -0.399 e. The van der Waals surface area contributed by atoms with Crippen molar-refractivity contribution in [3.05, 3.63) is 23.8 Å². The van der Waals surface area contributed by atoms with Crippen LogP contribution in [0.25, 0.3) is 0 Å². The molecular weight excluding hydrogens is 240 g/mol. The summed E-state index contributed by atoms with van der Waals surface area (Å²) in [6.45, 7) is 5.53. The first-order chi connectivity index (χ1) is 9.03. The highest BCUT2D eigenvalue weighted by Crippen LogP contribution is 2.21. The molecule has 1 rings (SSSR count). The number of nitrogens with zero attached hydrogens (tertiary/aromatic N) is 3. The van der Waals surface area contributed by atoms with E-state index < -0.39 is 0 Å². The van der Waals surface area contributed by atoms with Crippen LogP contribution in [0, 0.1) is 11.3 Å². The molecular formula is C14H20N4O. The second-order valence-electron chi connectivity index (χ2n) is 4.31. The van der Waals surface area contributed by atoms with Gasteiger partial charge in [0.05, 0.1) is 17.8 Å². The van der Waals surface area contributed by atoms with Gasteiger partial charge in [-0.15, -0.1) is 0 Å². The van der Waals surface area contributed by atoms with E-state index in [4.69, 9.17) is 11.0 Å². The standard InChI is InChI=1S/C14H20N4O/c1-4-18(5-2)14(19)10-17(3)13-7-6-12(16)8-11(13)9-15/h6-8H,4-5,10,16H2,1-3H3. The van der Waals surface area contributed by atoms with E-state index in [1.165, 1.54) is 0 Å². The Labute approximate surface area is 114 Å². The molecule has 0 aliphatic carbocycles. The number of nitriles is 1. The normalized spacial score (nSPS) is 9.79. The van der Waals surface area contributed by atoms with Crippen molar-refractivity contribution in [2.45, 2.75) is 13.8 Å². The first-order valence-electron chi connectivity index (χ1n) is 6.32. The predicted molar refractivity (Wildman–Crippen MR) is 76.8 cm³/mol. The number of carbonyl (C=O) groups excluding carboxylic acids is 1. The van der Waals surface area contributed by atoms with Gasteiger partial charge in [-0.1, -0.05) is 0 Å². The van der Waals surface area contributed by atoms with Crippen LogP contribution in [0.2, 0.25) is 0 Å². The van der Waals surface area contributed by atoms with Gasteiger partial charge in [-0.25, -0.2) is 0 Å². The van der Waals surface area contributed by atoms with Crippen LogP contribution in [0.1, 0.15) is 19.4 Å². The van der Waals surface area contributed by atoms with E-state index >= 15 is 0 Å². The number of nitrogen functional groups attached to an aromatic ring is 1. The number of likely N-dealkylation sites (N-methyl/N-ethyl adjacent to an activating group) is 2. The predicted octanol–water partition coefficient (Wildman–Crippen LogP) is 1.45. The maximum Gasteiger partial charge on any atom is 0.242 e. The number of rotatable bonds is 5. The molecule has 0 fully saturated rings. The van der Waals surface area contributed by atoms with Crippen LogP contribution in [-0.4, -0.2) is 37.5 Å². The first-order valence-corrected chi connectivity index (χ1v) is 6.32. The maximum atomic E-state index is 12.0. The molecule has 0 aromatic heterocycles. The molecule has 0 spiro atoms. The summed E-state index contributed by atoms with van der Waals surface area (Å²) in [5.41, 5.74) is 7.40. The van der Waals surface area contributed by atoms with Crippen molar-refractivity contribution in [1.29, 1.82) is 5.26 Å². The van der Waals surface area contributed by atoms with Crippen molar-refractivity contribution in [3.8, 4) is 6.07 Å². The monoisotopic (exact) mass is 260 g/mol. The molecule has 0 unspecified atom stereocenters. The van der Waals surface area contributed by atoms with Gasteiger partial charge in [-0.2, -0.15) is 5.26 Å². The summed E-state index contributed by atoms with van der Waals surface area (Å²) in [7, 11) is 1.80. The van der Waals surface area contributed by atoms with Crippen molar-refractivity contribution in [2.24, 2.45) is 0 Å². The van der Waals surface area contributed by atoms with Crippen LogP contribution in [0.4, 0.5) is 11.4 Å². The topological polar surface area (TPSA) is 73.4 Å². The van der Waals surface area contributed by atoms with Gasteiger partial charge >= 0.3 is 0 Å². The fraction of sp³-hybridized carbons (Fsp3) is 0.429. The summed E-state index contributed by atoms with van der Waals surface area (Å²) in [5.74, 6) is 0.0493. The molecule has 1 aromatic rings. The summed E-state index contributed by atoms with van der Waals surface area (Å²) < 4.78 is 0. The van der Waals surface area contributed by atoms with Gasteiger partial charge in [-0.05, 0) is 32.0 Å². The van der Waals surface area contributed by atoms with E-state index in [1.807, 2.05) is 13.8 Å². The summed E-state index contributed by atoms with van der Waals surface area (Å²) in [4.78, 5) is 15.6. The molecule has 1 amide bonds. The molecule has 1 aromatic carbocycles. The third-order valence-electron chi connectivity index (χ3n) is 3.04. The Bertz CT molecular complexity index is 489. The number of carbonyl (C=O) groups is 1. The highest BCUT2D eigenvalue weighted by Gasteiger charge is 2.15. The largest absolute Gasteiger partial charge is 0.399 e. The lowest BCUT2D eigenvalue weighted by atomic mass is 10.1. The third-order valence-corrected chi connectivity index (χ3v) is 3.04. The minimum absolute atomic E-state index is 0.0493. The molecule has 0 saturated heterocycles. The molecule has 2 N–H and O–H groups in total. The average Bonchev–Trinajstić information content (AvgIpc) is 2.39. The highest BCUT2D eigenvalue weighted by atomic mass is 16.2. The summed E-state index contributed by atoms with van der Waals surface area (Å²) in [6.07, 6.45) is 0. The minimum atomic E-state index is 0.0493. The molecule has 0 saturated carbocycles. The number of nitrogens with two attached hydrogens (primary N) is 1. The van der Waals surface area contributed by atoms with Gasteiger partial charge in [0.25, 0.3) is 0 Å². The van der Waals surface area contributed by atoms with E-state index in [0.29, 0.717) is 24.3 Å². The lowest BCUT2D eigenvalue weighted by Gasteiger charge is -2.25. The van der Waals surface area contributed by atoms with Crippen molar-refractivity contribution in [3.63, 3.8) is 0 Å². The number of hydrogen-bond donors (Lipinski definition) is 1. The second-order valence-corrected chi connectivity index (χ2v) is 4.31. The van der Waals surface area contributed by atoms with Crippen LogP contribution in [-0.2, 0) is 4.79 Å². The van der Waals surface area contributed by atoms with Gasteiger partial charge in [-0.3, -0.25) is 4.79 Å². The van der Waals surface area contributed by atoms with Gasteiger partial charge < -0.3 is 15.5 Å². The van der Waals surface area contributed by atoms with E-state index in [9.17, 15) is 4.79 Å². The molecule has 5 heteroatoms. The Morgan fingerprint density at radius 2 is 2.00 bits per heavy atom. The Hall–Kier alpha value is -2.22. The Morgan fingerprint density at radius 1 is 1.37 bits per heavy atom. The van der Waals surface area contributed by atoms with Crippen molar-refractivity contribution in [1.82, 2.24) is 4.90 Å². The van der Waals surface area contributed by atoms with Crippen LogP contribution >= 0.6 is 0 Å². The molecule has 0 heterocycles. The molecule has 5 nitrogen and oxygen atoms in total. The average molecular weight is 260 g/mol. The number of hydrogen-bond acceptors (Lipinski definition) is 4. The van der Waals surface area contributed by atoms with E-state index in [-0.39, 0.29) is 12.5 Å². The smallest absolute Gasteiger partial charge is 0.242 e. The van der Waals surface area contributed by atoms with E-state index in [1.54, 1.807) is 35.0 Å². The Kier molecular flexibility index (Phi) is 5.19. The van der Waals surface area contributed by atoms with Gasteiger partial charge in [0, 0.05) is 25.8 Å². The molecule has 0 atom stereocenters. The highest BCUT2D eigenvalue weighted by molar-refractivity contribution is 5.82. The van der Waals surface area contributed by atoms with Crippen molar-refractivity contribution in [2.75, 3.05) is 37.3 Å². The second kappa shape index (κ2) is 6.64. The van der Waals surface area contributed by atoms with Crippen LogP contribution in [0.15, 0.2) is 18.2 Å². The maximum absolute atomic E-state index is 12.0. The third kappa shape index (κ3) is 3.62. The fourth-order valence-electron chi connectivity index (χ4n) is 1.94. The zero-order chi connectivity index (χ0) is 14.4. The van der Waals surface area contributed by atoms with E-state index in [0.717, 1.165) is 5.69 Å². The first kappa shape index (κ1) is 14.8. The zero-order valence-corrected chi connectivity index (χ0v) is 11.7. The quantitative estimate of drug-likeness (QED) is 0.813. The van der Waals surface area contributed by atoms with Crippen LogP contribution in [0.3, 0.4) is 0 Å². The summed E-state index contributed by atoms with van der Waals surface area (Å²) >= 11 is 0. The summed E-state index contributed by atoms with van der Waals surface area (Å²) in [6, 6.07) is 7.22. The lowest BCUT2D eigenvalue weighted by molar-refractivity contribution is -0.129. The zero-order valence-electron chi connectivity index (χ0n) is 11.7. The summed E-state index contributed by atoms with van der Waals surface area (Å²) in [5, 5.41) is 9.10. The number of amides is 1. The van der Waals surface area contributed by atoms with Crippen LogP contribution in [0.5, 0.6) is 0 Å². The number of anilines is 2.